The van der Waals surface area contributed by atoms with E-state index in [1.54, 1.807) is 0 Å². The molecule has 0 unspecified atom stereocenters. The third-order valence-electron chi connectivity index (χ3n) is 4.00. The molecule has 1 saturated carbocycles. The molecular weight excluding hydrogens is 252 g/mol. The number of hydrogen-bond acceptors (Lipinski definition) is 4. The highest BCUT2D eigenvalue weighted by Crippen LogP contribution is 2.48. The first kappa shape index (κ1) is 14.5. The monoisotopic (exact) mass is 276 g/mol. The van der Waals surface area contributed by atoms with Gasteiger partial charge in [0.2, 0.25) is 0 Å². The number of oxime groups is 1. The Hall–Kier alpha value is -1.91. The van der Waals surface area contributed by atoms with Gasteiger partial charge in [0.15, 0.2) is 0 Å². The van der Waals surface area contributed by atoms with Crippen molar-refractivity contribution in [3.8, 4) is 0 Å². The molecule has 1 aromatic rings. The molecule has 0 aromatic heterocycles. The lowest BCUT2D eigenvalue weighted by molar-refractivity contribution is 0.315. The Bertz CT molecular complexity index is 507. The van der Waals surface area contributed by atoms with E-state index >= 15 is 0 Å². The topological polar surface area (TPSA) is 73.9 Å². The molecule has 0 aliphatic heterocycles. The standard InChI is InChI=1S/C15H24N4O/c1-11-4-5-12(8-13(11)19(2)3)17-10-15(6-7-15)9-14(16)18-20/h4-5,8,17,20H,6-7,9-10H2,1-3H3,(H2,16,18). The summed E-state index contributed by atoms with van der Waals surface area (Å²) in [5.41, 5.74) is 9.38. The van der Waals surface area contributed by atoms with Crippen molar-refractivity contribution in [2.75, 3.05) is 30.9 Å². The van der Waals surface area contributed by atoms with Crippen molar-refractivity contribution in [2.45, 2.75) is 26.2 Å². The molecule has 2 rings (SSSR count). The van der Waals surface area contributed by atoms with E-state index in [1.807, 2.05) is 14.1 Å². The van der Waals surface area contributed by atoms with Crippen LogP contribution in [-0.2, 0) is 0 Å². The molecular formula is C15H24N4O. The van der Waals surface area contributed by atoms with Crippen LogP contribution in [0.3, 0.4) is 0 Å². The highest BCUT2D eigenvalue weighted by molar-refractivity contribution is 5.80. The van der Waals surface area contributed by atoms with E-state index in [1.165, 1.54) is 11.3 Å². The van der Waals surface area contributed by atoms with Gasteiger partial charge in [-0.3, -0.25) is 0 Å². The maximum Gasteiger partial charge on any atom is 0.139 e. The van der Waals surface area contributed by atoms with Gasteiger partial charge in [-0.15, -0.1) is 0 Å². The maximum absolute atomic E-state index is 8.68. The molecule has 5 heteroatoms. The van der Waals surface area contributed by atoms with E-state index in [2.05, 4.69) is 40.5 Å². The van der Waals surface area contributed by atoms with Gasteiger partial charge in [0.1, 0.15) is 5.84 Å². The molecule has 0 radical (unpaired) electrons. The van der Waals surface area contributed by atoms with Crippen LogP contribution in [0.2, 0.25) is 0 Å². The molecule has 0 amide bonds. The van der Waals surface area contributed by atoms with E-state index in [-0.39, 0.29) is 5.41 Å². The molecule has 1 aromatic carbocycles. The first-order chi connectivity index (χ1) is 9.46. The second kappa shape index (κ2) is 5.61. The van der Waals surface area contributed by atoms with Crippen molar-refractivity contribution in [1.82, 2.24) is 0 Å². The Kier molecular flexibility index (Phi) is 4.06. The number of nitrogens with two attached hydrogens (primary N) is 1. The lowest BCUT2D eigenvalue weighted by Crippen LogP contribution is -2.23. The van der Waals surface area contributed by atoms with Gasteiger partial charge in [0.25, 0.3) is 0 Å². The smallest absolute Gasteiger partial charge is 0.139 e. The summed E-state index contributed by atoms with van der Waals surface area (Å²) in [5, 5.41) is 15.2. The molecule has 0 bridgehead atoms. The van der Waals surface area contributed by atoms with Gasteiger partial charge in [-0.25, -0.2) is 0 Å². The number of aryl methyl sites for hydroxylation is 1. The van der Waals surface area contributed by atoms with Gasteiger partial charge < -0.3 is 21.2 Å². The zero-order chi connectivity index (χ0) is 14.8. The predicted octanol–water partition coefficient (Wildman–Crippen LogP) is 2.39. The summed E-state index contributed by atoms with van der Waals surface area (Å²) in [6, 6.07) is 6.39. The summed E-state index contributed by atoms with van der Waals surface area (Å²) < 4.78 is 0. The molecule has 1 aliphatic carbocycles. The highest BCUT2D eigenvalue weighted by atomic mass is 16.4. The summed E-state index contributed by atoms with van der Waals surface area (Å²) in [6.45, 7) is 2.97. The SMILES string of the molecule is Cc1ccc(NCC2(C/C(N)=N/O)CC2)cc1N(C)C. The van der Waals surface area contributed by atoms with Gasteiger partial charge >= 0.3 is 0 Å². The van der Waals surface area contributed by atoms with Crippen LogP contribution in [-0.4, -0.2) is 31.7 Å². The summed E-state index contributed by atoms with van der Waals surface area (Å²) in [4.78, 5) is 2.11. The fourth-order valence-electron chi connectivity index (χ4n) is 2.50. The molecule has 0 spiro atoms. The van der Waals surface area contributed by atoms with Crippen molar-refractivity contribution in [1.29, 1.82) is 0 Å². The van der Waals surface area contributed by atoms with Crippen LogP contribution in [0.1, 0.15) is 24.8 Å². The van der Waals surface area contributed by atoms with Gasteiger partial charge in [0.05, 0.1) is 0 Å². The molecule has 4 N–H and O–H groups in total. The van der Waals surface area contributed by atoms with Crippen molar-refractivity contribution in [3.05, 3.63) is 23.8 Å². The second-order valence-corrected chi connectivity index (χ2v) is 6.02. The first-order valence-electron chi connectivity index (χ1n) is 6.94. The summed E-state index contributed by atoms with van der Waals surface area (Å²) in [5.74, 6) is 0.321. The molecule has 0 atom stereocenters. The average Bonchev–Trinajstić information content (AvgIpc) is 3.17. The van der Waals surface area contributed by atoms with Crippen LogP contribution in [0.5, 0.6) is 0 Å². The summed E-state index contributed by atoms with van der Waals surface area (Å²) in [6.07, 6.45) is 2.91. The third-order valence-corrected chi connectivity index (χ3v) is 4.00. The Labute approximate surface area is 120 Å². The molecule has 1 aliphatic rings. The lowest BCUT2D eigenvalue weighted by atomic mass is 10.0. The number of anilines is 2. The second-order valence-electron chi connectivity index (χ2n) is 6.02. The fourth-order valence-corrected chi connectivity index (χ4v) is 2.50. The van der Waals surface area contributed by atoms with Gasteiger partial charge in [-0.05, 0) is 42.9 Å². The molecule has 20 heavy (non-hydrogen) atoms. The number of rotatable bonds is 6. The van der Waals surface area contributed by atoms with Crippen LogP contribution in [0.15, 0.2) is 23.4 Å². The molecule has 1 fully saturated rings. The third kappa shape index (κ3) is 3.35. The van der Waals surface area contributed by atoms with Crippen LogP contribution in [0.25, 0.3) is 0 Å². The van der Waals surface area contributed by atoms with Crippen molar-refractivity contribution in [3.63, 3.8) is 0 Å². The van der Waals surface area contributed by atoms with E-state index in [0.717, 1.165) is 25.1 Å². The minimum Gasteiger partial charge on any atom is -0.409 e. The van der Waals surface area contributed by atoms with Gasteiger partial charge in [-0.2, -0.15) is 0 Å². The lowest BCUT2D eigenvalue weighted by Gasteiger charge is -2.19. The van der Waals surface area contributed by atoms with Crippen molar-refractivity contribution < 1.29 is 5.21 Å². The van der Waals surface area contributed by atoms with Gasteiger partial charge in [0, 0.05) is 38.4 Å². The van der Waals surface area contributed by atoms with Gasteiger partial charge in [-0.1, -0.05) is 11.2 Å². The van der Waals surface area contributed by atoms with E-state index in [4.69, 9.17) is 10.9 Å². The van der Waals surface area contributed by atoms with E-state index < -0.39 is 0 Å². The average molecular weight is 276 g/mol. The number of benzene rings is 1. The highest BCUT2D eigenvalue weighted by Gasteiger charge is 2.43. The molecule has 0 saturated heterocycles. The van der Waals surface area contributed by atoms with E-state index in [9.17, 15) is 0 Å². The molecule has 110 valence electrons. The van der Waals surface area contributed by atoms with Crippen LogP contribution < -0.4 is 16.0 Å². The molecule has 5 nitrogen and oxygen atoms in total. The Morgan fingerprint density at radius 3 is 2.70 bits per heavy atom. The number of nitrogens with one attached hydrogen (secondary N) is 1. The van der Waals surface area contributed by atoms with Crippen molar-refractivity contribution >= 4 is 17.2 Å². The Morgan fingerprint density at radius 1 is 1.45 bits per heavy atom. The zero-order valence-corrected chi connectivity index (χ0v) is 12.5. The minimum atomic E-state index is 0.166. The first-order valence-corrected chi connectivity index (χ1v) is 6.94. The van der Waals surface area contributed by atoms with Crippen LogP contribution >= 0.6 is 0 Å². The van der Waals surface area contributed by atoms with E-state index in [0.29, 0.717) is 12.3 Å². The van der Waals surface area contributed by atoms with Crippen LogP contribution in [0, 0.1) is 12.3 Å². The Morgan fingerprint density at radius 2 is 2.15 bits per heavy atom. The minimum absolute atomic E-state index is 0.166. The quantitative estimate of drug-likeness (QED) is 0.323. The number of nitrogens with zero attached hydrogens (tertiary/aromatic N) is 2. The fraction of sp³-hybridized carbons (Fsp3) is 0.533. The number of hydrogen-bond donors (Lipinski definition) is 3. The zero-order valence-electron chi connectivity index (χ0n) is 12.5. The molecule has 0 heterocycles. The predicted molar refractivity (Wildman–Crippen MR) is 83.7 cm³/mol. The number of amidine groups is 1. The summed E-state index contributed by atoms with van der Waals surface area (Å²) >= 11 is 0. The maximum atomic E-state index is 8.68. The van der Waals surface area contributed by atoms with Crippen molar-refractivity contribution in [2.24, 2.45) is 16.3 Å². The Balaban J connectivity index is 1.99. The summed E-state index contributed by atoms with van der Waals surface area (Å²) in [7, 11) is 4.10. The normalized spacial score (nSPS) is 16.9. The van der Waals surface area contributed by atoms with Crippen LogP contribution in [0.4, 0.5) is 11.4 Å². The largest absolute Gasteiger partial charge is 0.409 e.